The van der Waals surface area contributed by atoms with Crippen molar-refractivity contribution in [3.05, 3.63) is 64.0 Å². The number of hydrogen-bond acceptors (Lipinski definition) is 4. The molecule has 1 atom stereocenters. The van der Waals surface area contributed by atoms with Crippen molar-refractivity contribution in [1.82, 2.24) is 0 Å². The largest absolute Gasteiger partial charge is 0.324 e. The minimum atomic E-state index is -0.477. The summed E-state index contributed by atoms with van der Waals surface area (Å²) >= 11 is 1.03. The summed E-state index contributed by atoms with van der Waals surface area (Å²) in [5, 5.41) is 11.0. The third-order valence-electron chi connectivity index (χ3n) is 2.76. The van der Waals surface area contributed by atoms with Crippen LogP contribution in [0.2, 0.25) is 0 Å². The van der Waals surface area contributed by atoms with Gasteiger partial charge in [0.1, 0.15) is 5.82 Å². The fraction of sp³-hybridized carbons (Fsp3) is 0.143. The van der Waals surface area contributed by atoms with Crippen LogP contribution in [0, 0.1) is 15.9 Å². The van der Waals surface area contributed by atoms with E-state index in [0.29, 0.717) is 15.4 Å². The molecule has 0 aromatic heterocycles. The molecule has 2 N–H and O–H groups in total. The molecule has 0 amide bonds. The minimum Gasteiger partial charge on any atom is -0.324 e. The van der Waals surface area contributed by atoms with Gasteiger partial charge in [-0.3, -0.25) is 10.1 Å². The van der Waals surface area contributed by atoms with Crippen LogP contribution in [0.15, 0.2) is 52.3 Å². The van der Waals surface area contributed by atoms with E-state index in [0.717, 1.165) is 11.8 Å². The van der Waals surface area contributed by atoms with Gasteiger partial charge >= 0.3 is 0 Å². The molecule has 0 radical (unpaired) electrons. The Hall–Kier alpha value is -1.92. The number of rotatable bonds is 4. The monoisotopic (exact) mass is 292 g/mol. The average Bonchev–Trinajstić information content (AvgIpc) is 2.41. The highest BCUT2D eigenvalue weighted by Crippen LogP contribution is 2.38. The fourth-order valence-electron chi connectivity index (χ4n) is 1.80. The Morgan fingerprint density at radius 1 is 1.25 bits per heavy atom. The zero-order valence-electron chi connectivity index (χ0n) is 10.7. The van der Waals surface area contributed by atoms with Crippen LogP contribution in [0.1, 0.15) is 18.5 Å². The molecule has 0 heterocycles. The Bertz CT molecular complexity index is 647. The van der Waals surface area contributed by atoms with Crippen molar-refractivity contribution < 1.29 is 9.31 Å². The maximum absolute atomic E-state index is 14.0. The van der Waals surface area contributed by atoms with Crippen LogP contribution < -0.4 is 5.73 Å². The molecule has 0 aliphatic rings. The van der Waals surface area contributed by atoms with E-state index in [1.807, 2.05) is 0 Å². The molecule has 0 fully saturated rings. The van der Waals surface area contributed by atoms with Crippen molar-refractivity contribution >= 4 is 17.4 Å². The second-order valence-corrected chi connectivity index (χ2v) is 5.33. The Labute approximate surface area is 119 Å². The van der Waals surface area contributed by atoms with Crippen LogP contribution in [0.5, 0.6) is 0 Å². The van der Waals surface area contributed by atoms with Crippen molar-refractivity contribution in [2.45, 2.75) is 22.8 Å². The second-order valence-electron chi connectivity index (χ2n) is 4.27. The molecular weight excluding hydrogens is 279 g/mol. The van der Waals surface area contributed by atoms with Crippen LogP contribution in [0.4, 0.5) is 10.1 Å². The molecular formula is C14H13FN2O2S. The summed E-state index contributed by atoms with van der Waals surface area (Å²) in [6.45, 7) is 1.75. The smallest absolute Gasteiger partial charge is 0.283 e. The Kier molecular flexibility index (Phi) is 4.36. The van der Waals surface area contributed by atoms with Gasteiger partial charge in [0.2, 0.25) is 0 Å². The number of para-hydroxylation sites is 1. The minimum absolute atomic E-state index is 0.0450. The predicted octanol–water partition coefficient (Wildman–Crippen LogP) is 3.90. The van der Waals surface area contributed by atoms with E-state index in [2.05, 4.69) is 0 Å². The average molecular weight is 292 g/mol. The van der Waals surface area contributed by atoms with Gasteiger partial charge in [0, 0.05) is 12.1 Å². The summed E-state index contributed by atoms with van der Waals surface area (Å²) in [6, 6.07) is 10.5. The molecule has 0 aliphatic heterocycles. The summed E-state index contributed by atoms with van der Waals surface area (Å²) in [5.41, 5.74) is 6.41. The van der Waals surface area contributed by atoms with Gasteiger partial charge in [0.05, 0.1) is 14.7 Å². The lowest BCUT2D eigenvalue weighted by Crippen LogP contribution is -2.07. The molecule has 20 heavy (non-hydrogen) atoms. The van der Waals surface area contributed by atoms with Gasteiger partial charge in [-0.15, -0.1) is 0 Å². The van der Waals surface area contributed by atoms with Gasteiger partial charge in [-0.1, -0.05) is 36.0 Å². The third-order valence-corrected chi connectivity index (χ3v) is 3.96. The summed E-state index contributed by atoms with van der Waals surface area (Å²) in [4.78, 5) is 11.2. The number of nitrogens with two attached hydrogens (primary N) is 1. The molecule has 0 saturated heterocycles. The first kappa shape index (κ1) is 14.5. The van der Waals surface area contributed by atoms with Gasteiger partial charge < -0.3 is 5.73 Å². The van der Waals surface area contributed by atoms with Gasteiger partial charge in [-0.25, -0.2) is 4.39 Å². The van der Waals surface area contributed by atoms with Crippen LogP contribution in [0.25, 0.3) is 0 Å². The van der Waals surface area contributed by atoms with Gasteiger partial charge in [0.25, 0.3) is 5.69 Å². The topological polar surface area (TPSA) is 69.2 Å². The van der Waals surface area contributed by atoms with E-state index in [9.17, 15) is 14.5 Å². The van der Waals surface area contributed by atoms with Crippen LogP contribution >= 0.6 is 11.8 Å². The highest BCUT2D eigenvalue weighted by molar-refractivity contribution is 7.99. The first-order chi connectivity index (χ1) is 9.50. The van der Waals surface area contributed by atoms with E-state index in [1.54, 1.807) is 37.3 Å². The quantitative estimate of drug-likeness (QED) is 0.685. The molecule has 4 nitrogen and oxygen atoms in total. The van der Waals surface area contributed by atoms with Crippen LogP contribution in [0.3, 0.4) is 0 Å². The summed E-state index contributed by atoms with van der Waals surface area (Å²) in [5.74, 6) is -0.428. The number of nitro benzene ring substituents is 1. The highest BCUT2D eigenvalue weighted by atomic mass is 32.2. The lowest BCUT2D eigenvalue weighted by molar-refractivity contribution is -0.387. The molecule has 104 valence electrons. The van der Waals surface area contributed by atoms with E-state index in [-0.39, 0.29) is 11.7 Å². The molecule has 2 rings (SSSR count). The van der Waals surface area contributed by atoms with Crippen molar-refractivity contribution in [3.63, 3.8) is 0 Å². The number of hydrogen-bond donors (Lipinski definition) is 1. The Morgan fingerprint density at radius 2 is 1.95 bits per heavy atom. The Morgan fingerprint density at radius 3 is 2.60 bits per heavy atom. The van der Waals surface area contributed by atoms with E-state index in [1.165, 1.54) is 12.1 Å². The number of halogens is 1. The number of nitrogens with zero attached hydrogens (tertiary/aromatic N) is 1. The van der Waals surface area contributed by atoms with Crippen molar-refractivity contribution in [2.75, 3.05) is 0 Å². The second kappa shape index (κ2) is 6.02. The lowest BCUT2D eigenvalue weighted by Gasteiger charge is -2.13. The molecule has 0 bridgehead atoms. The maximum atomic E-state index is 14.0. The molecule has 0 saturated carbocycles. The predicted molar refractivity (Wildman–Crippen MR) is 76.2 cm³/mol. The SMILES string of the molecule is C[C@@H](N)c1cccc(F)c1Sc1ccccc1[N+](=O)[O-]. The molecule has 6 heteroatoms. The maximum Gasteiger partial charge on any atom is 0.283 e. The van der Waals surface area contributed by atoms with Crippen molar-refractivity contribution in [3.8, 4) is 0 Å². The standard InChI is InChI=1S/C14H13FN2O2S/c1-9(16)10-5-4-6-11(15)14(10)20-13-8-3-2-7-12(13)17(18)19/h2-9H,16H2,1H3/t9-/m1/s1. The van der Waals surface area contributed by atoms with Gasteiger partial charge in [-0.05, 0) is 24.6 Å². The van der Waals surface area contributed by atoms with Crippen molar-refractivity contribution in [1.29, 1.82) is 0 Å². The number of benzene rings is 2. The van der Waals surface area contributed by atoms with E-state index < -0.39 is 10.7 Å². The summed E-state index contributed by atoms with van der Waals surface area (Å²) < 4.78 is 14.0. The first-order valence-electron chi connectivity index (χ1n) is 5.96. The van der Waals surface area contributed by atoms with Crippen molar-refractivity contribution in [2.24, 2.45) is 5.73 Å². The van der Waals surface area contributed by atoms with Gasteiger partial charge in [-0.2, -0.15) is 0 Å². The zero-order chi connectivity index (χ0) is 14.7. The molecule has 0 unspecified atom stereocenters. The normalized spacial score (nSPS) is 12.2. The molecule has 0 aliphatic carbocycles. The van der Waals surface area contributed by atoms with Crippen LogP contribution in [-0.2, 0) is 0 Å². The highest BCUT2D eigenvalue weighted by Gasteiger charge is 2.18. The van der Waals surface area contributed by atoms with Crippen LogP contribution in [-0.4, -0.2) is 4.92 Å². The summed E-state index contributed by atoms with van der Waals surface area (Å²) in [6.07, 6.45) is 0. The Balaban J connectivity index is 2.48. The van der Waals surface area contributed by atoms with Gasteiger partial charge in [0.15, 0.2) is 0 Å². The summed E-state index contributed by atoms with van der Waals surface area (Å²) in [7, 11) is 0. The zero-order valence-corrected chi connectivity index (χ0v) is 11.6. The molecule has 2 aromatic carbocycles. The molecule has 2 aromatic rings. The first-order valence-corrected chi connectivity index (χ1v) is 6.77. The lowest BCUT2D eigenvalue weighted by atomic mass is 10.1. The number of nitro groups is 1. The fourth-order valence-corrected chi connectivity index (χ4v) is 2.95. The molecule has 0 spiro atoms. The third kappa shape index (κ3) is 2.97. The van der Waals surface area contributed by atoms with E-state index >= 15 is 0 Å². The van der Waals surface area contributed by atoms with E-state index in [4.69, 9.17) is 5.73 Å².